The Labute approximate surface area is 230 Å². The predicted molar refractivity (Wildman–Crippen MR) is 163 cm³/mol. The van der Waals surface area contributed by atoms with Crippen molar-refractivity contribution in [2.24, 2.45) is 35.0 Å². The summed E-state index contributed by atoms with van der Waals surface area (Å²) in [4.78, 5) is 0. The van der Waals surface area contributed by atoms with Crippen molar-refractivity contribution in [3.05, 3.63) is 47.6 Å². The number of hydrogen-bond donors (Lipinski definition) is 1. The number of rotatable bonds is 7. The molecule has 7 atom stereocenters. The fourth-order valence-electron chi connectivity index (χ4n) is 6.98. The summed E-state index contributed by atoms with van der Waals surface area (Å²) in [5, 5.41) is 11.0. The van der Waals surface area contributed by atoms with Gasteiger partial charge in [0.25, 0.3) is 0 Å². The number of aliphatic hydroxyl groups is 1. The first kappa shape index (κ1) is 30.6. The summed E-state index contributed by atoms with van der Waals surface area (Å²) < 4.78 is 6.73. The van der Waals surface area contributed by atoms with Crippen LogP contribution in [0.4, 0.5) is 0 Å². The molecule has 0 aromatic heterocycles. The lowest BCUT2D eigenvalue weighted by molar-refractivity contribution is 0.0924. The van der Waals surface area contributed by atoms with Crippen molar-refractivity contribution in [3.63, 3.8) is 0 Å². The fraction of sp³-hybridized carbons (Fsp3) is 0.765. The van der Waals surface area contributed by atoms with Crippen molar-refractivity contribution in [1.82, 2.24) is 0 Å². The van der Waals surface area contributed by atoms with Gasteiger partial charge in [-0.05, 0) is 103 Å². The second kappa shape index (κ2) is 11.7. The molecule has 0 saturated heterocycles. The van der Waals surface area contributed by atoms with Crippen LogP contribution in [0.2, 0.25) is 18.1 Å². The second-order valence-corrected chi connectivity index (χ2v) is 19.6. The van der Waals surface area contributed by atoms with Gasteiger partial charge in [-0.3, -0.25) is 0 Å². The van der Waals surface area contributed by atoms with E-state index in [1.165, 1.54) is 37.7 Å². The van der Waals surface area contributed by atoms with E-state index in [0.29, 0.717) is 35.5 Å². The van der Waals surface area contributed by atoms with E-state index in [2.05, 4.69) is 99.4 Å². The summed E-state index contributed by atoms with van der Waals surface area (Å²) >= 11 is 0. The van der Waals surface area contributed by atoms with E-state index in [-0.39, 0.29) is 11.1 Å². The maximum absolute atomic E-state index is 10.8. The largest absolute Gasteiger partial charge is 0.413 e. The smallest absolute Gasteiger partial charge is 0.192 e. The summed E-state index contributed by atoms with van der Waals surface area (Å²) in [6, 6.07) is 0. The predicted octanol–water partition coefficient (Wildman–Crippen LogP) is 9.64. The molecule has 3 aliphatic carbocycles. The second-order valence-electron chi connectivity index (χ2n) is 14.9. The molecule has 210 valence electrons. The molecule has 3 fully saturated rings. The molecule has 0 spiro atoms. The lowest BCUT2D eigenvalue weighted by Gasteiger charge is -2.44. The van der Waals surface area contributed by atoms with Crippen LogP contribution in [0.25, 0.3) is 0 Å². The minimum Gasteiger partial charge on any atom is -0.413 e. The van der Waals surface area contributed by atoms with Crippen LogP contribution >= 0.6 is 0 Å². The summed E-state index contributed by atoms with van der Waals surface area (Å²) in [6.07, 6.45) is 17.3. The van der Waals surface area contributed by atoms with Crippen LogP contribution in [0.3, 0.4) is 0 Å². The van der Waals surface area contributed by atoms with E-state index in [4.69, 9.17) is 4.43 Å². The molecule has 0 heterocycles. The molecule has 3 aliphatic rings. The van der Waals surface area contributed by atoms with Crippen molar-refractivity contribution >= 4 is 8.32 Å². The van der Waals surface area contributed by atoms with E-state index in [9.17, 15) is 5.11 Å². The zero-order valence-electron chi connectivity index (χ0n) is 25.9. The molecule has 3 heteroatoms. The Bertz CT molecular complexity index is 901. The minimum absolute atomic E-state index is 0.0828. The van der Waals surface area contributed by atoms with E-state index < -0.39 is 14.4 Å². The molecule has 3 saturated carbocycles. The average Bonchev–Trinajstić information content (AvgIpc) is 3.15. The molecular formula is C34H58O2Si. The molecule has 0 radical (unpaired) electrons. The Kier molecular flexibility index (Phi) is 9.67. The summed E-state index contributed by atoms with van der Waals surface area (Å²) in [7, 11) is -1.88. The van der Waals surface area contributed by atoms with Crippen LogP contribution in [-0.4, -0.2) is 25.6 Å². The van der Waals surface area contributed by atoms with Crippen molar-refractivity contribution in [1.29, 1.82) is 0 Å². The molecule has 0 aliphatic heterocycles. The first-order valence-electron chi connectivity index (χ1n) is 15.2. The minimum atomic E-state index is -1.88. The van der Waals surface area contributed by atoms with Crippen LogP contribution in [0.5, 0.6) is 0 Å². The topological polar surface area (TPSA) is 29.5 Å². The molecular weight excluding hydrogens is 468 g/mol. The van der Waals surface area contributed by atoms with Gasteiger partial charge >= 0.3 is 0 Å². The number of allylic oxidation sites excluding steroid dienone is 5. The molecule has 0 aromatic carbocycles. The van der Waals surface area contributed by atoms with Crippen LogP contribution in [0, 0.1) is 35.0 Å². The third-order valence-corrected chi connectivity index (χ3v) is 15.5. The highest BCUT2D eigenvalue weighted by Crippen LogP contribution is 2.59. The van der Waals surface area contributed by atoms with Gasteiger partial charge in [-0.2, -0.15) is 0 Å². The van der Waals surface area contributed by atoms with E-state index >= 15 is 0 Å². The third kappa shape index (κ3) is 6.82. The zero-order valence-corrected chi connectivity index (χ0v) is 26.9. The lowest BCUT2D eigenvalue weighted by atomic mass is 9.61. The highest BCUT2D eigenvalue weighted by atomic mass is 28.4. The normalized spacial score (nSPS) is 35.5. The van der Waals surface area contributed by atoms with Gasteiger partial charge in [-0.1, -0.05) is 91.8 Å². The van der Waals surface area contributed by atoms with E-state index in [1.54, 1.807) is 5.57 Å². The maximum atomic E-state index is 10.8. The Morgan fingerprint density at radius 2 is 1.76 bits per heavy atom. The van der Waals surface area contributed by atoms with Crippen LogP contribution in [0.15, 0.2) is 47.6 Å². The van der Waals surface area contributed by atoms with Gasteiger partial charge in [0, 0.05) is 6.42 Å². The van der Waals surface area contributed by atoms with Crippen molar-refractivity contribution in [3.8, 4) is 0 Å². The zero-order chi connectivity index (χ0) is 27.8. The molecule has 0 bridgehead atoms. The summed E-state index contributed by atoms with van der Waals surface area (Å²) in [5.74, 6) is 3.42. The van der Waals surface area contributed by atoms with Crippen molar-refractivity contribution < 1.29 is 9.53 Å². The first-order valence-corrected chi connectivity index (χ1v) is 18.1. The average molecular weight is 527 g/mol. The summed E-state index contributed by atoms with van der Waals surface area (Å²) in [6.45, 7) is 27.8. The number of fused-ring (bicyclic) bond motifs is 1. The Morgan fingerprint density at radius 3 is 2.38 bits per heavy atom. The molecule has 3 rings (SSSR count). The molecule has 0 aromatic rings. The van der Waals surface area contributed by atoms with Gasteiger partial charge < -0.3 is 9.53 Å². The molecule has 0 amide bonds. The van der Waals surface area contributed by atoms with Crippen LogP contribution in [-0.2, 0) is 4.43 Å². The van der Waals surface area contributed by atoms with Gasteiger partial charge in [0.05, 0.1) is 12.2 Å². The lowest BCUT2D eigenvalue weighted by Crippen LogP contribution is -2.46. The molecule has 1 N–H and O–H groups in total. The van der Waals surface area contributed by atoms with Gasteiger partial charge in [-0.25, -0.2) is 0 Å². The maximum Gasteiger partial charge on any atom is 0.192 e. The molecule has 0 unspecified atom stereocenters. The third-order valence-electron chi connectivity index (χ3n) is 11.0. The van der Waals surface area contributed by atoms with Gasteiger partial charge in [0.15, 0.2) is 8.32 Å². The highest BCUT2D eigenvalue weighted by molar-refractivity contribution is 6.74. The molecule has 37 heavy (non-hydrogen) atoms. The Morgan fingerprint density at radius 1 is 1.08 bits per heavy atom. The Hall–Kier alpha value is -0.903. The van der Waals surface area contributed by atoms with Crippen LogP contribution in [0.1, 0.15) is 100 Å². The van der Waals surface area contributed by atoms with E-state index in [0.717, 1.165) is 17.9 Å². The van der Waals surface area contributed by atoms with Gasteiger partial charge in [0.1, 0.15) is 0 Å². The van der Waals surface area contributed by atoms with Gasteiger partial charge in [0.2, 0.25) is 0 Å². The molecule has 2 nitrogen and oxygen atoms in total. The number of hydrogen-bond acceptors (Lipinski definition) is 2. The monoisotopic (exact) mass is 526 g/mol. The highest BCUT2D eigenvalue weighted by Gasteiger charge is 2.50. The SMILES string of the molecule is C=C1/C(=C\C=C2/CCC[C@]3(C)[C@@H]([C@H](C)/C=C/[C@H](C)C(C)C)CC[C@@H]23)C[C@@H](O[Si](C)(C)C(C)(C)C)C[C@@H]1O. The Balaban J connectivity index is 1.77. The van der Waals surface area contributed by atoms with Crippen molar-refractivity contribution in [2.75, 3.05) is 0 Å². The number of aliphatic hydroxyl groups excluding tert-OH is 1. The quantitative estimate of drug-likeness (QED) is 0.264. The fourth-order valence-corrected chi connectivity index (χ4v) is 8.35. The standard InChI is InChI=1S/C34H58O2Si/c1-23(2)24(3)14-15-25(4)30-18-19-31-27(13-12-20-34(30,31)9)16-17-28-21-29(22-32(35)26(28)5)36-37(10,11)33(6,7)8/h14-17,23-25,29-32,35H,5,12-13,18-22H2,1-4,6-11H3/b15-14+,27-16+,28-17-/t24-,25+,29+,30+,31-,32-,34+/m0/s1. The first-order chi connectivity index (χ1) is 17.1. The van der Waals surface area contributed by atoms with Crippen LogP contribution < -0.4 is 0 Å². The van der Waals surface area contributed by atoms with E-state index in [1.807, 2.05) is 0 Å². The van der Waals surface area contributed by atoms with Gasteiger partial charge in [-0.15, -0.1) is 0 Å². The summed E-state index contributed by atoms with van der Waals surface area (Å²) in [5.41, 5.74) is 4.11. The van der Waals surface area contributed by atoms with Crippen molar-refractivity contribution in [2.45, 2.75) is 131 Å².